The van der Waals surface area contributed by atoms with E-state index in [2.05, 4.69) is 15.6 Å². The Bertz CT molecular complexity index is 396. The van der Waals surface area contributed by atoms with E-state index in [4.69, 9.17) is 10.9 Å². The van der Waals surface area contributed by atoms with Crippen molar-refractivity contribution in [3.8, 4) is 0 Å². The van der Waals surface area contributed by atoms with Gasteiger partial charge in [-0.3, -0.25) is 4.68 Å². The minimum Gasteiger partial charge on any atom is -0.409 e. The molecule has 1 unspecified atom stereocenters. The average molecular weight is 225 g/mol. The summed E-state index contributed by atoms with van der Waals surface area (Å²) in [5.74, 6) is 0.180. The van der Waals surface area contributed by atoms with E-state index in [9.17, 15) is 0 Å². The molecular weight excluding hydrogens is 206 g/mol. The van der Waals surface area contributed by atoms with Crippen LogP contribution in [0.25, 0.3) is 0 Å². The largest absolute Gasteiger partial charge is 0.409 e. The highest BCUT2D eigenvalue weighted by Gasteiger charge is 2.12. The van der Waals surface area contributed by atoms with Gasteiger partial charge in [-0.05, 0) is 20.8 Å². The van der Waals surface area contributed by atoms with E-state index in [0.717, 1.165) is 17.0 Å². The minimum atomic E-state index is -0.163. The highest BCUT2D eigenvalue weighted by Crippen LogP contribution is 2.11. The van der Waals surface area contributed by atoms with Crippen LogP contribution in [0.5, 0.6) is 0 Å². The van der Waals surface area contributed by atoms with Crippen LogP contribution in [0.15, 0.2) is 5.16 Å². The number of hydrogen-bond acceptors (Lipinski definition) is 4. The van der Waals surface area contributed by atoms with Crippen LogP contribution in [-0.4, -0.2) is 26.9 Å². The summed E-state index contributed by atoms with van der Waals surface area (Å²) >= 11 is 0. The quantitative estimate of drug-likeness (QED) is 0.297. The molecule has 0 fully saturated rings. The Hall–Kier alpha value is -1.56. The first-order valence-electron chi connectivity index (χ1n) is 5.17. The topological polar surface area (TPSA) is 88.5 Å². The molecule has 1 heterocycles. The second-order valence-electron chi connectivity index (χ2n) is 3.90. The first-order valence-corrected chi connectivity index (χ1v) is 5.17. The van der Waals surface area contributed by atoms with Crippen molar-refractivity contribution >= 4 is 5.84 Å². The van der Waals surface area contributed by atoms with E-state index < -0.39 is 0 Å². The Morgan fingerprint density at radius 2 is 2.25 bits per heavy atom. The third-order valence-electron chi connectivity index (χ3n) is 2.80. The van der Waals surface area contributed by atoms with Gasteiger partial charge in [0.1, 0.15) is 0 Å². The second-order valence-corrected chi connectivity index (χ2v) is 3.90. The molecule has 1 atom stereocenters. The van der Waals surface area contributed by atoms with Gasteiger partial charge in [0.15, 0.2) is 5.84 Å². The van der Waals surface area contributed by atoms with Crippen molar-refractivity contribution < 1.29 is 5.21 Å². The summed E-state index contributed by atoms with van der Waals surface area (Å²) in [6, 6.07) is -0.163. The maximum absolute atomic E-state index is 8.52. The number of nitrogens with one attached hydrogen (secondary N) is 1. The zero-order valence-corrected chi connectivity index (χ0v) is 10.2. The SMILES string of the molecule is Cc1nn(C)c(C)c1CNC(C)C(N)=NO. The Morgan fingerprint density at radius 1 is 1.62 bits per heavy atom. The number of nitrogens with zero attached hydrogens (tertiary/aromatic N) is 3. The average Bonchev–Trinajstić information content (AvgIpc) is 2.49. The summed E-state index contributed by atoms with van der Waals surface area (Å²) in [6.45, 7) is 6.49. The van der Waals surface area contributed by atoms with Crippen LogP contribution in [0.3, 0.4) is 0 Å². The number of amidine groups is 1. The van der Waals surface area contributed by atoms with Crippen molar-refractivity contribution in [2.45, 2.75) is 33.4 Å². The van der Waals surface area contributed by atoms with Crippen LogP contribution >= 0.6 is 0 Å². The number of oxime groups is 1. The molecule has 0 aliphatic rings. The maximum atomic E-state index is 8.52. The maximum Gasteiger partial charge on any atom is 0.156 e. The van der Waals surface area contributed by atoms with Gasteiger partial charge in [-0.25, -0.2) is 0 Å². The van der Waals surface area contributed by atoms with Gasteiger partial charge < -0.3 is 16.3 Å². The number of hydrogen-bond donors (Lipinski definition) is 3. The molecule has 0 saturated carbocycles. The predicted octanol–water partition coefficient (Wildman–Crippen LogP) is 0.261. The van der Waals surface area contributed by atoms with E-state index in [1.54, 1.807) is 0 Å². The summed E-state index contributed by atoms with van der Waals surface area (Å²) in [7, 11) is 1.92. The molecule has 0 radical (unpaired) electrons. The molecule has 0 saturated heterocycles. The molecule has 1 aromatic heterocycles. The van der Waals surface area contributed by atoms with Crippen molar-refractivity contribution in [3.05, 3.63) is 17.0 Å². The van der Waals surface area contributed by atoms with Crippen LogP contribution in [0.4, 0.5) is 0 Å². The predicted molar refractivity (Wildman–Crippen MR) is 62.4 cm³/mol. The minimum absolute atomic E-state index is 0.163. The molecule has 0 bridgehead atoms. The van der Waals surface area contributed by atoms with Gasteiger partial charge in [0.2, 0.25) is 0 Å². The second kappa shape index (κ2) is 4.98. The fraction of sp³-hybridized carbons (Fsp3) is 0.600. The first-order chi connectivity index (χ1) is 7.47. The Kier molecular flexibility index (Phi) is 3.89. The van der Waals surface area contributed by atoms with Gasteiger partial charge in [0, 0.05) is 24.8 Å². The van der Waals surface area contributed by atoms with Crippen LogP contribution in [-0.2, 0) is 13.6 Å². The van der Waals surface area contributed by atoms with E-state index in [1.165, 1.54) is 0 Å². The van der Waals surface area contributed by atoms with E-state index >= 15 is 0 Å². The van der Waals surface area contributed by atoms with Crippen LogP contribution in [0.2, 0.25) is 0 Å². The molecule has 0 aromatic carbocycles. The Labute approximate surface area is 95.1 Å². The lowest BCUT2D eigenvalue weighted by Gasteiger charge is -2.12. The fourth-order valence-corrected chi connectivity index (χ4v) is 1.52. The van der Waals surface area contributed by atoms with Gasteiger partial charge >= 0.3 is 0 Å². The molecule has 1 rings (SSSR count). The molecule has 0 aliphatic heterocycles. The van der Waals surface area contributed by atoms with E-state index in [-0.39, 0.29) is 11.9 Å². The third kappa shape index (κ3) is 2.52. The van der Waals surface area contributed by atoms with Crippen molar-refractivity contribution in [3.63, 3.8) is 0 Å². The molecular formula is C10H19N5O. The van der Waals surface area contributed by atoms with Gasteiger partial charge in [0.25, 0.3) is 0 Å². The zero-order valence-electron chi connectivity index (χ0n) is 10.2. The summed E-state index contributed by atoms with van der Waals surface area (Å²) in [4.78, 5) is 0. The fourth-order valence-electron chi connectivity index (χ4n) is 1.52. The summed E-state index contributed by atoms with van der Waals surface area (Å²) in [5.41, 5.74) is 8.75. The van der Waals surface area contributed by atoms with E-state index in [1.807, 2.05) is 32.5 Å². The van der Waals surface area contributed by atoms with Crippen molar-refractivity contribution in [1.82, 2.24) is 15.1 Å². The lowest BCUT2D eigenvalue weighted by molar-refractivity contribution is 0.315. The first kappa shape index (κ1) is 12.5. The lowest BCUT2D eigenvalue weighted by Crippen LogP contribution is -2.38. The summed E-state index contributed by atoms with van der Waals surface area (Å²) < 4.78 is 1.85. The van der Waals surface area contributed by atoms with Crippen LogP contribution in [0, 0.1) is 13.8 Å². The molecule has 1 aromatic rings. The molecule has 0 amide bonds. The molecule has 90 valence electrons. The standard InChI is InChI=1S/C10H19N5O/c1-6-9(8(3)15(4)13-6)5-12-7(2)10(11)14-16/h7,12,16H,5H2,1-4H3,(H2,11,14). The van der Waals surface area contributed by atoms with Crippen LogP contribution < -0.4 is 11.1 Å². The molecule has 0 spiro atoms. The third-order valence-corrected chi connectivity index (χ3v) is 2.80. The van der Waals surface area contributed by atoms with Crippen LogP contribution in [0.1, 0.15) is 23.9 Å². The van der Waals surface area contributed by atoms with Gasteiger partial charge in [-0.1, -0.05) is 5.16 Å². The number of aromatic nitrogens is 2. The Morgan fingerprint density at radius 3 is 2.69 bits per heavy atom. The van der Waals surface area contributed by atoms with Crippen molar-refractivity contribution in [2.75, 3.05) is 0 Å². The highest BCUT2D eigenvalue weighted by molar-refractivity contribution is 5.84. The smallest absolute Gasteiger partial charge is 0.156 e. The molecule has 6 nitrogen and oxygen atoms in total. The number of aryl methyl sites for hydroxylation is 2. The van der Waals surface area contributed by atoms with Gasteiger partial charge in [-0.2, -0.15) is 5.10 Å². The number of rotatable bonds is 4. The van der Waals surface area contributed by atoms with Gasteiger partial charge in [-0.15, -0.1) is 0 Å². The Balaban J connectivity index is 2.68. The summed E-state index contributed by atoms with van der Waals surface area (Å²) in [5, 5.41) is 19.0. The number of nitrogens with two attached hydrogens (primary N) is 1. The zero-order chi connectivity index (χ0) is 12.3. The van der Waals surface area contributed by atoms with Crippen molar-refractivity contribution in [2.24, 2.45) is 17.9 Å². The monoisotopic (exact) mass is 225 g/mol. The van der Waals surface area contributed by atoms with Crippen molar-refractivity contribution in [1.29, 1.82) is 0 Å². The highest BCUT2D eigenvalue weighted by atomic mass is 16.4. The normalized spacial score (nSPS) is 14.1. The lowest BCUT2D eigenvalue weighted by atomic mass is 10.2. The molecule has 6 heteroatoms. The van der Waals surface area contributed by atoms with Gasteiger partial charge in [0.05, 0.1) is 11.7 Å². The molecule has 16 heavy (non-hydrogen) atoms. The summed E-state index contributed by atoms with van der Waals surface area (Å²) in [6.07, 6.45) is 0. The van der Waals surface area contributed by atoms with E-state index in [0.29, 0.717) is 6.54 Å². The molecule has 4 N–H and O–H groups in total. The molecule has 0 aliphatic carbocycles.